The Labute approximate surface area is 110 Å². The topological polar surface area (TPSA) is 43.4 Å². The van der Waals surface area contributed by atoms with Gasteiger partial charge in [-0.3, -0.25) is 0 Å². The van der Waals surface area contributed by atoms with E-state index in [9.17, 15) is 8.42 Å². The van der Waals surface area contributed by atoms with Crippen molar-refractivity contribution in [3.8, 4) is 5.75 Å². The average molecular weight is 270 g/mol. The molecule has 102 valence electrons. The molecule has 18 heavy (non-hydrogen) atoms. The Morgan fingerprint density at radius 3 is 2.11 bits per heavy atom. The highest BCUT2D eigenvalue weighted by Gasteiger charge is 2.16. The molecule has 0 N–H and O–H groups in total. The lowest BCUT2D eigenvalue weighted by Crippen LogP contribution is -2.07. The third kappa shape index (κ3) is 4.69. The van der Waals surface area contributed by atoms with Crippen molar-refractivity contribution in [2.75, 3.05) is 12.9 Å². The van der Waals surface area contributed by atoms with E-state index < -0.39 is 15.1 Å². The summed E-state index contributed by atoms with van der Waals surface area (Å²) in [7, 11) is -3.04. The molecule has 4 heteroatoms. The smallest absolute Gasteiger partial charge is 0.154 e. The van der Waals surface area contributed by atoms with Gasteiger partial charge in [-0.2, -0.15) is 0 Å². The molecule has 0 bridgehead atoms. The number of rotatable bonds is 6. The van der Waals surface area contributed by atoms with E-state index in [1.807, 2.05) is 24.3 Å². The second kappa shape index (κ2) is 6.23. The predicted molar refractivity (Wildman–Crippen MR) is 74.7 cm³/mol. The van der Waals surface area contributed by atoms with Gasteiger partial charge in [-0.1, -0.05) is 26.0 Å². The van der Waals surface area contributed by atoms with Crippen LogP contribution in [0.3, 0.4) is 0 Å². The molecule has 0 radical (unpaired) electrons. The van der Waals surface area contributed by atoms with E-state index in [0.29, 0.717) is 12.5 Å². The van der Waals surface area contributed by atoms with Crippen LogP contribution in [0.2, 0.25) is 0 Å². The first-order chi connectivity index (χ1) is 8.30. The highest BCUT2D eigenvalue weighted by atomic mass is 32.2. The maximum atomic E-state index is 11.4. The molecule has 0 heterocycles. The van der Waals surface area contributed by atoms with Crippen LogP contribution in [0.5, 0.6) is 5.75 Å². The van der Waals surface area contributed by atoms with E-state index in [2.05, 4.69) is 13.8 Å². The van der Waals surface area contributed by atoms with E-state index in [4.69, 9.17) is 4.74 Å². The van der Waals surface area contributed by atoms with Crippen LogP contribution in [0.15, 0.2) is 24.3 Å². The van der Waals surface area contributed by atoms with Crippen molar-refractivity contribution < 1.29 is 13.2 Å². The van der Waals surface area contributed by atoms with Crippen molar-refractivity contribution in [1.82, 2.24) is 0 Å². The Balaban J connectivity index is 2.63. The van der Waals surface area contributed by atoms with Gasteiger partial charge in [0.15, 0.2) is 9.84 Å². The van der Waals surface area contributed by atoms with Gasteiger partial charge in [0, 0.05) is 6.26 Å². The van der Waals surface area contributed by atoms with Gasteiger partial charge in [0.25, 0.3) is 0 Å². The summed E-state index contributed by atoms with van der Waals surface area (Å²) in [6.07, 6.45) is 2.27. The van der Waals surface area contributed by atoms with E-state index in [1.54, 1.807) is 6.92 Å². The minimum Gasteiger partial charge on any atom is -0.494 e. The molecule has 1 aromatic rings. The second-order valence-corrected chi connectivity index (χ2v) is 7.44. The Kier molecular flexibility index (Phi) is 5.20. The predicted octanol–water partition coefficient (Wildman–Crippen LogP) is 3.22. The van der Waals surface area contributed by atoms with Gasteiger partial charge in [0.05, 0.1) is 11.9 Å². The molecule has 0 spiro atoms. The van der Waals surface area contributed by atoms with Crippen molar-refractivity contribution in [3.63, 3.8) is 0 Å². The summed E-state index contributed by atoms with van der Waals surface area (Å²) in [5.74, 6) is 1.41. The maximum Gasteiger partial charge on any atom is 0.154 e. The number of sulfone groups is 1. The van der Waals surface area contributed by atoms with Gasteiger partial charge in [-0.05, 0) is 37.0 Å². The molecule has 0 aromatic heterocycles. The largest absolute Gasteiger partial charge is 0.494 e. The summed E-state index contributed by atoms with van der Waals surface area (Å²) in [4.78, 5) is 0. The van der Waals surface area contributed by atoms with Crippen LogP contribution in [0.25, 0.3) is 0 Å². The Morgan fingerprint density at radius 1 is 1.11 bits per heavy atom. The van der Waals surface area contributed by atoms with Crippen LogP contribution in [-0.4, -0.2) is 21.3 Å². The molecule has 0 amide bonds. The Hall–Kier alpha value is -1.03. The maximum absolute atomic E-state index is 11.4. The molecule has 1 aromatic carbocycles. The second-order valence-electron chi connectivity index (χ2n) is 5.07. The van der Waals surface area contributed by atoms with Gasteiger partial charge in [-0.25, -0.2) is 8.42 Å². The standard InChI is InChI=1S/C14H22O3S/c1-11(2)9-10-17-14-7-5-13(6-8-14)12(3)18(4,15)16/h5-8,11-12H,9-10H2,1-4H3. The number of benzene rings is 1. The first-order valence-corrected chi connectivity index (χ1v) is 8.17. The quantitative estimate of drug-likeness (QED) is 0.797. The molecule has 0 aliphatic heterocycles. The summed E-state index contributed by atoms with van der Waals surface area (Å²) < 4.78 is 28.5. The molecule has 0 saturated carbocycles. The fraction of sp³-hybridized carbons (Fsp3) is 0.571. The summed E-state index contributed by atoms with van der Waals surface area (Å²) in [5.41, 5.74) is 0.800. The zero-order chi connectivity index (χ0) is 13.8. The molecule has 1 atom stereocenters. The highest BCUT2D eigenvalue weighted by molar-refractivity contribution is 7.90. The molecule has 0 fully saturated rings. The van der Waals surface area contributed by atoms with Crippen molar-refractivity contribution in [3.05, 3.63) is 29.8 Å². The van der Waals surface area contributed by atoms with Crippen molar-refractivity contribution >= 4 is 9.84 Å². The summed E-state index contributed by atoms with van der Waals surface area (Å²) in [6, 6.07) is 7.29. The molecule has 0 aliphatic carbocycles. The van der Waals surface area contributed by atoms with Gasteiger partial charge >= 0.3 is 0 Å². The van der Waals surface area contributed by atoms with Gasteiger partial charge in [0.2, 0.25) is 0 Å². The summed E-state index contributed by atoms with van der Waals surface area (Å²) >= 11 is 0. The highest BCUT2D eigenvalue weighted by Crippen LogP contribution is 2.23. The number of hydrogen-bond donors (Lipinski definition) is 0. The molecule has 3 nitrogen and oxygen atoms in total. The van der Waals surface area contributed by atoms with Crippen LogP contribution in [0, 0.1) is 5.92 Å². The summed E-state index contributed by atoms with van der Waals surface area (Å²) in [6.45, 7) is 6.70. The van der Waals surface area contributed by atoms with Crippen LogP contribution in [0.1, 0.15) is 38.0 Å². The zero-order valence-electron chi connectivity index (χ0n) is 11.5. The lowest BCUT2D eigenvalue weighted by atomic mass is 10.1. The normalized spacial score (nSPS) is 13.6. The van der Waals surface area contributed by atoms with E-state index in [0.717, 1.165) is 17.7 Å². The fourth-order valence-corrected chi connectivity index (χ4v) is 2.15. The van der Waals surface area contributed by atoms with E-state index in [-0.39, 0.29) is 0 Å². The molecule has 0 aliphatic rings. The Morgan fingerprint density at radius 2 is 1.67 bits per heavy atom. The minimum absolute atomic E-state index is 0.470. The molecular weight excluding hydrogens is 248 g/mol. The van der Waals surface area contributed by atoms with Crippen LogP contribution in [-0.2, 0) is 9.84 Å². The van der Waals surface area contributed by atoms with Gasteiger partial charge in [0.1, 0.15) is 5.75 Å². The van der Waals surface area contributed by atoms with Crippen molar-refractivity contribution in [1.29, 1.82) is 0 Å². The van der Waals surface area contributed by atoms with Gasteiger partial charge < -0.3 is 4.74 Å². The average Bonchev–Trinajstić information content (AvgIpc) is 2.27. The van der Waals surface area contributed by atoms with Crippen LogP contribution in [0.4, 0.5) is 0 Å². The van der Waals surface area contributed by atoms with Crippen LogP contribution < -0.4 is 4.74 Å². The lowest BCUT2D eigenvalue weighted by Gasteiger charge is -2.11. The van der Waals surface area contributed by atoms with Crippen molar-refractivity contribution in [2.24, 2.45) is 5.92 Å². The first kappa shape index (κ1) is 15.0. The molecule has 1 rings (SSSR count). The lowest BCUT2D eigenvalue weighted by molar-refractivity contribution is 0.289. The zero-order valence-corrected chi connectivity index (χ0v) is 12.3. The minimum atomic E-state index is -3.04. The third-order valence-corrected chi connectivity index (χ3v) is 4.51. The SMILES string of the molecule is CC(C)CCOc1ccc(C(C)S(C)(=O)=O)cc1. The summed E-state index contributed by atoms with van der Waals surface area (Å²) in [5, 5.41) is -0.470. The molecule has 0 saturated heterocycles. The van der Waals surface area contributed by atoms with E-state index in [1.165, 1.54) is 6.26 Å². The third-order valence-electron chi connectivity index (χ3n) is 2.96. The van der Waals surface area contributed by atoms with Crippen LogP contribution >= 0.6 is 0 Å². The van der Waals surface area contributed by atoms with Gasteiger partial charge in [-0.15, -0.1) is 0 Å². The number of ether oxygens (including phenoxy) is 1. The van der Waals surface area contributed by atoms with Crippen molar-refractivity contribution in [2.45, 2.75) is 32.4 Å². The monoisotopic (exact) mass is 270 g/mol. The van der Waals surface area contributed by atoms with E-state index >= 15 is 0 Å². The molecular formula is C14H22O3S. The fourth-order valence-electron chi connectivity index (χ4n) is 1.49. The first-order valence-electron chi connectivity index (χ1n) is 6.22. The number of hydrogen-bond acceptors (Lipinski definition) is 3. The Bertz CT molecular complexity index is 460. The molecule has 1 unspecified atom stereocenters.